The van der Waals surface area contributed by atoms with Gasteiger partial charge in [-0.1, -0.05) is 20.8 Å². The predicted octanol–water partition coefficient (Wildman–Crippen LogP) is 3.28. The van der Waals surface area contributed by atoms with Gasteiger partial charge in [-0.3, -0.25) is 4.79 Å². The number of esters is 1. The highest BCUT2D eigenvalue weighted by Gasteiger charge is 2.22. The summed E-state index contributed by atoms with van der Waals surface area (Å²) >= 11 is 0. The van der Waals surface area contributed by atoms with Crippen molar-refractivity contribution in [3.63, 3.8) is 0 Å². The summed E-state index contributed by atoms with van der Waals surface area (Å²) in [6.07, 6.45) is 3.23. The van der Waals surface area contributed by atoms with Crippen LogP contribution in [0.4, 0.5) is 0 Å². The Balaban J connectivity index is 2.82. The van der Waals surface area contributed by atoms with Crippen molar-refractivity contribution in [1.29, 1.82) is 0 Å². The maximum Gasteiger partial charge on any atom is 0.307 e. The molecular formula is C12H20O2. The fourth-order valence-corrected chi connectivity index (χ4v) is 1.98. The molecule has 80 valence electrons. The van der Waals surface area contributed by atoms with Crippen molar-refractivity contribution < 1.29 is 9.53 Å². The fourth-order valence-electron chi connectivity index (χ4n) is 1.98. The predicted molar refractivity (Wildman–Crippen MR) is 56.6 cm³/mol. The molecule has 1 rings (SSSR count). The number of rotatable bonds is 2. The van der Waals surface area contributed by atoms with E-state index in [0.717, 1.165) is 18.6 Å². The molecule has 0 saturated carbocycles. The minimum Gasteiger partial charge on any atom is -0.431 e. The third-order valence-electron chi connectivity index (χ3n) is 2.76. The molecule has 0 unspecified atom stereocenters. The molecule has 0 aliphatic heterocycles. The van der Waals surface area contributed by atoms with Crippen molar-refractivity contribution in [3.05, 3.63) is 11.3 Å². The molecule has 14 heavy (non-hydrogen) atoms. The Bertz CT molecular complexity index is 251. The highest BCUT2D eigenvalue weighted by Crippen LogP contribution is 2.33. The summed E-state index contributed by atoms with van der Waals surface area (Å²) in [6, 6.07) is 0. The van der Waals surface area contributed by atoms with Gasteiger partial charge in [-0.15, -0.1) is 0 Å². The first-order valence-electron chi connectivity index (χ1n) is 5.41. The Morgan fingerprint density at radius 1 is 1.50 bits per heavy atom. The van der Waals surface area contributed by atoms with Crippen LogP contribution in [-0.4, -0.2) is 5.97 Å². The molecular weight excluding hydrogens is 176 g/mol. The van der Waals surface area contributed by atoms with Gasteiger partial charge in [0.1, 0.15) is 5.76 Å². The molecule has 0 heterocycles. The topological polar surface area (TPSA) is 26.3 Å². The first-order chi connectivity index (χ1) is 6.50. The van der Waals surface area contributed by atoms with E-state index in [1.165, 1.54) is 18.9 Å². The van der Waals surface area contributed by atoms with Gasteiger partial charge < -0.3 is 4.74 Å². The molecule has 2 nitrogen and oxygen atoms in total. The van der Waals surface area contributed by atoms with E-state index >= 15 is 0 Å². The van der Waals surface area contributed by atoms with Crippen LogP contribution in [0, 0.1) is 11.8 Å². The van der Waals surface area contributed by atoms with Crippen LogP contribution >= 0.6 is 0 Å². The summed E-state index contributed by atoms with van der Waals surface area (Å²) in [7, 11) is 0. The van der Waals surface area contributed by atoms with Gasteiger partial charge in [0.15, 0.2) is 0 Å². The summed E-state index contributed by atoms with van der Waals surface area (Å²) < 4.78 is 5.28. The van der Waals surface area contributed by atoms with Crippen LogP contribution < -0.4 is 0 Å². The van der Waals surface area contributed by atoms with Crippen molar-refractivity contribution in [2.24, 2.45) is 11.8 Å². The highest BCUT2D eigenvalue weighted by atomic mass is 16.5. The molecule has 1 atom stereocenters. The largest absolute Gasteiger partial charge is 0.431 e. The molecule has 0 bridgehead atoms. The maximum absolute atomic E-state index is 10.9. The Morgan fingerprint density at radius 3 is 2.64 bits per heavy atom. The smallest absolute Gasteiger partial charge is 0.307 e. The molecule has 0 spiro atoms. The average Bonchev–Trinajstić information content (AvgIpc) is 2.01. The lowest BCUT2D eigenvalue weighted by molar-refractivity contribution is -0.137. The van der Waals surface area contributed by atoms with Gasteiger partial charge in [-0.05, 0) is 30.3 Å². The number of carbonyl (C=O) groups is 1. The van der Waals surface area contributed by atoms with Crippen LogP contribution in [-0.2, 0) is 9.53 Å². The van der Waals surface area contributed by atoms with Crippen molar-refractivity contribution in [3.8, 4) is 0 Å². The van der Waals surface area contributed by atoms with Gasteiger partial charge in [0.25, 0.3) is 0 Å². The van der Waals surface area contributed by atoms with E-state index in [9.17, 15) is 4.79 Å². The molecule has 0 N–H and O–H groups in total. The van der Waals surface area contributed by atoms with E-state index in [1.54, 1.807) is 0 Å². The Labute approximate surface area is 86.3 Å². The van der Waals surface area contributed by atoms with E-state index < -0.39 is 0 Å². The number of allylic oxidation sites excluding steroid dienone is 2. The van der Waals surface area contributed by atoms with E-state index in [1.807, 2.05) is 0 Å². The van der Waals surface area contributed by atoms with Crippen LogP contribution in [0.2, 0.25) is 0 Å². The Morgan fingerprint density at radius 2 is 2.14 bits per heavy atom. The molecule has 0 aromatic heterocycles. The monoisotopic (exact) mass is 196 g/mol. The van der Waals surface area contributed by atoms with E-state index in [4.69, 9.17) is 4.74 Å². The zero-order valence-electron chi connectivity index (χ0n) is 9.59. The molecule has 1 aliphatic rings. The molecule has 0 fully saturated rings. The van der Waals surface area contributed by atoms with Gasteiger partial charge in [-0.2, -0.15) is 0 Å². The van der Waals surface area contributed by atoms with Gasteiger partial charge >= 0.3 is 5.97 Å². The summed E-state index contributed by atoms with van der Waals surface area (Å²) in [5.74, 6) is 1.89. The number of carbonyl (C=O) groups excluding carboxylic acids is 1. The minimum absolute atomic E-state index is 0.188. The zero-order chi connectivity index (χ0) is 10.7. The second-order valence-corrected chi connectivity index (χ2v) is 4.54. The van der Waals surface area contributed by atoms with E-state index in [2.05, 4.69) is 20.8 Å². The van der Waals surface area contributed by atoms with Gasteiger partial charge in [-0.25, -0.2) is 0 Å². The van der Waals surface area contributed by atoms with Gasteiger partial charge in [0.2, 0.25) is 0 Å². The number of ether oxygens (including phenoxy) is 1. The van der Waals surface area contributed by atoms with Crippen molar-refractivity contribution >= 4 is 5.97 Å². The molecule has 0 saturated heterocycles. The quantitative estimate of drug-likeness (QED) is 0.633. The second kappa shape index (κ2) is 4.63. The summed E-state index contributed by atoms with van der Waals surface area (Å²) in [5.41, 5.74) is 1.33. The number of hydrogen-bond donors (Lipinski definition) is 0. The molecule has 0 aromatic rings. The molecule has 2 heteroatoms. The number of hydrogen-bond acceptors (Lipinski definition) is 2. The molecule has 1 aliphatic carbocycles. The SMILES string of the molecule is CC(=O)OC1=C(C(C)C)CC[C@H](C)C1. The fraction of sp³-hybridized carbons (Fsp3) is 0.750. The summed E-state index contributed by atoms with van der Waals surface area (Å²) in [6.45, 7) is 8.01. The van der Waals surface area contributed by atoms with Crippen LogP contribution in [0.3, 0.4) is 0 Å². The highest BCUT2D eigenvalue weighted by molar-refractivity contribution is 5.67. The lowest BCUT2D eigenvalue weighted by Gasteiger charge is -2.26. The standard InChI is InChI=1S/C12H20O2/c1-8(2)11-6-5-9(3)7-12(11)14-10(4)13/h8-9H,5-7H2,1-4H3/t9-/m0/s1. The first kappa shape index (κ1) is 11.3. The molecule has 0 aromatic carbocycles. The third kappa shape index (κ3) is 2.86. The summed E-state index contributed by atoms with van der Waals surface area (Å²) in [4.78, 5) is 10.9. The van der Waals surface area contributed by atoms with Gasteiger partial charge in [0, 0.05) is 13.3 Å². The lowest BCUT2D eigenvalue weighted by atomic mass is 9.84. The van der Waals surface area contributed by atoms with Crippen LogP contribution in [0.5, 0.6) is 0 Å². The van der Waals surface area contributed by atoms with E-state index in [-0.39, 0.29) is 5.97 Å². The van der Waals surface area contributed by atoms with Crippen molar-refractivity contribution in [2.75, 3.05) is 0 Å². The lowest BCUT2D eigenvalue weighted by Crippen LogP contribution is -2.15. The Hall–Kier alpha value is -0.790. The summed E-state index contributed by atoms with van der Waals surface area (Å²) in [5, 5.41) is 0. The van der Waals surface area contributed by atoms with E-state index in [0.29, 0.717) is 11.8 Å². The van der Waals surface area contributed by atoms with Crippen LogP contribution in [0.1, 0.15) is 47.0 Å². The Kier molecular flexibility index (Phi) is 3.73. The normalized spacial score (nSPS) is 22.8. The van der Waals surface area contributed by atoms with Crippen LogP contribution in [0.15, 0.2) is 11.3 Å². The van der Waals surface area contributed by atoms with Gasteiger partial charge in [0.05, 0.1) is 0 Å². The average molecular weight is 196 g/mol. The first-order valence-corrected chi connectivity index (χ1v) is 5.41. The van der Waals surface area contributed by atoms with Crippen molar-refractivity contribution in [1.82, 2.24) is 0 Å². The second-order valence-electron chi connectivity index (χ2n) is 4.54. The van der Waals surface area contributed by atoms with Crippen molar-refractivity contribution in [2.45, 2.75) is 47.0 Å². The molecule has 0 amide bonds. The molecule has 0 radical (unpaired) electrons. The minimum atomic E-state index is -0.188. The zero-order valence-corrected chi connectivity index (χ0v) is 9.59. The third-order valence-corrected chi connectivity index (χ3v) is 2.76. The maximum atomic E-state index is 10.9. The van der Waals surface area contributed by atoms with Crippen LogP contribution in [0.25, 0.3) is 0 Å².